The van der Waals surface area contributed by atoms with E-state index in [9.17, 15) is 17.2 Å². The van der Waals surface area contributed by atoms with Crippen molar-refractivity contribution in [1.29, 1.82) is 0 Å². The highest BCUT2D eigenvalue weighted by atomic mass is 32.2. The summed E-state index contributed by atoms with van der Waals surface area (Å²) in [5.74, 6) is 0.487. The lowest BCUT2D eigenvalue weighted by Gasteiger charge is -2.24. The summed E-state index contributed by atoms with van der Waals surface area (Å²) in [6.45, 7) is -2.83. The first-order chi connectivity index (χ1) is 8.94. The summed E-state index contributed by atoms with van der Waals surface area (Å²) in [6.07, 6.45) is 1.13. The highest BCUT2D eigenvalue weighted by molar-refractivity contribution is 7.91. The summed E-state index contributed by atoms with van der Waals surface area (Å²) >= 11 is 0. The van der Waals surface area contributed by atoms with Crippen LogP contribution in [0.25, 0.3) is 0 Å². The maximum atomic E-state index is 12.0. The van der Waals surface area contributed by atoms with Crippen LogP contribution in [0, 0.1) is 0 Å². The number of alkyl halides is 2. The maximum Gasteiger partial charge on any atom is 0.387 e. The summed E-state index contributed by atoms with van der Waals surface area (Å²) in [7, 11) is -2.87. The fourth-order valence-corrected chi connectivity index (χ4v) is 3.49. The topological polar surface area (TPSA) is 55.4 Å². The van der Waals surface area contributed by atoms with Crippen molar-refractivity contribution in [2.75, 3.05) is 16.8 Å². The average Bonchev–Trinajstić information content (AvgIpc) is 2.34. The lowest BCUT2D eigenvalue weighted by molar-refractivity contribution is -0.0498. The first kappa shape index (κ1) is 14.0. The first-order valence-corrected chi connectivity index (χ1v) is 7.78. The molecule has 4 nitrogen and oxygen atoms in total. The normalized spacial score (nSPS) is 19.3. The smallest absolute Gasteiger partial charge is 0.387 e. The van der Waals surface area contributed by atoms with Crippen molar-refractivity contribution in [3.05, 3.63) is 24.3 Å². The third kappa shape index (κ3) is 4.34. The molecule has 19 heavy (non-hydrogen) atoms. The van der Waals surface area contributed by atoms with Crippen molar-refractivity contribution in [3.63, 3.8) is 0 Å². The van der Waals surface area contributed by atoms with Crippen molar-refractivity contribution < 1.29 is 21.9 Å². The van der Waals surface area contributed by atoms with Gasteiger partial charge in [-0.05, 0) is 37.1 Å². The van der Waals surface area contributed by atoms with Gasteiger partial charge in [-0.2, -0.15) is 8.78 Å². The van der Waals surface area contributed by atoms with Crippen LogP contribution in [0.3, 0.4) is 0 Å². The van der Waals surface area contributed by atoms with Gasteiger partial charge in [-0.15, -0.1) is 0 Å². The number of hydrogen-bond acceptors (Lipinski definition) is 4. The van der Waals surface area contributed by atoms with Crippen molar-refractivity contribution in [2.24, 2.45) is 0 Å². The van der Waals surface area contributed by atoms with E-state index in [1.54, 1.807) is 12.1 Å². The lowest BCUT2D eigenvalue weighted by Crippen LogP contribution is -2.32. The Morgan fingerprint density at radius 2 is 1.74 bits per heavy atom. The van der Waals surface area contributed by atoms with Gasteiger partial charge in [0, 0.05) is 11.7 Å². The zero-order valence-electron chi connectivity index (χ0n) is 10.2. The molecule has 0 spiro atoms. The summed E-state index contributed by atoms with van der Waals surface area (Å²) in [4.78, 5) is 0. The molecule has 106 valence electrons. The van der Waals surface area contributed by atoms with E-state index in [1.165, 1.54) is 12.1 Å². The zero-order chi connectivity index (χ0) is 13.9. The van der Waals surface area contributed by atoms with Gasteiger partial charge in [0.15, 0.2) is 0 Å². The maximum absolute atomic E-state index is 12.0. The van der Waals surface area contributed by atoms with Crippen LogP contribution in [0.5, 0.6) is 5.75 Å². The zero-order valence-corrected chi connectivity index (χ0v) is 11.0. The molecular weight excluding hydrogens is 276 g/mol. The number of nitrogens with one attached hydrogen (secondary N) is 1. The third-order valence-corrected chi connectivity index (χ3v) is 4.72. The Morgan fingerprint density at radius 1 is 1.16 bits per heavy atom. The van der Waals surface area contributed by atoms with Crippen molar-refractivity contribution in [3.8, 4) is 5.75 Å². The van der Waals surface area contributed by atoms with Gasteiger partial charge in [-0.3, -0.25) is 0 Å². The van der Waals surface area contributed by atoms with Crippen molar-refractivity contribution >= 4 is 15.5 Å². The Labute approximate surface area is 110 Å². The van der Waals surface area contributed by atoms with Crippen LogP contribution in [-0.2, 0) is 9.84 Å². The standard InChI is InChI=1S/C12H15F2NO3S/c13-12(14)18-11-3-1-9(2-4-11)15-10-5-7-19(16,17)8-6-10/h1-4,10,12,15H,5-8H2. The number of sulfone groups is 1. The molecule has 0 aliphatic carbocycles. The quantitative estimate of drug-likeness (QED) is 0.924. The van der Waals surface area contributed by atoms with E-state index in [0.717, 1.165) is 5.69 Å². The van der Waals surface area contributed by atoms with Crippen LogP contribution in [-0.4, -0.2) is 32.6 Å². The summed E-state index contributed by atoms with van der Waals surface area (Å²) in [5.41, 5.74) is 0.769. The highest BCUT2D eigenvalue weighted by Gasteiger charge is 2.23. The molecule has 1 aromatic carbocycles. The molecule has 1 heterocycles. The Morgan fingerprint density at radius 3 is 2.26 bits per heavy atom. The van der Waals surface area contributed by atoms with Gasteiger partial charge in [-0.25, -0.2) is 8.42 Å². The van der Waals surface area contributed by atoms with E-state index in [4.69, 9.17) is 0 Å². The van der Waals surface area contributed by atoms with Gasteiger partial charge in [0.25, 0.3) is 0 Å². The second-order valence-electron chi connectivity index (χ2n) is 4.47. The molecule has 2 rings (SSSR count). The van der Waals surface area contributed by atoms with Crippen LogP contribution < -0.4 is 10.1 Å². The second kappa shape index (κ2) is 5.73. The summed E-state index contributed by atoms with van der Waals surface area (Å²) < 4.78 is 50.8. The minimum atomic E-state index is -2.87. The van der Waals surface area contributed by atoms with Gasteiger partial charge in [0.05, 0.1) is 11.5 Å². The number of benzene rings is 1. The lowest BCUT2D eigenvalue weighted by atomic mass is 10.1. The molecule has 0 radical (unpaired) electrons. The van der Waals surface area contributed by atoms with Crippen molar-refractivity contribution in [2.45, 2.75) is 25.5 Å². The molecule has 1 fully saturated rings. The fourth-order valence-electron chi connectivity index (χ4n) is 2.00. The molecule has 0 atom stereocenters. The Hall–Kier alpha value is -1.37. The molecule has 7 heteroatoms. The second-order valence-corrected chi connectivity index (χ2v) is 6.78. The summed E-state index contributed by atoms with van der Waals surface area (Å²) in [6, 6.07) is 6.29. The molecule has 0 aromatic heterocycles. The molecule has 1 aliphatic rings. The van der Waals surface area contributed by atoms with E-state index in [1.807, 2.05) is 0 Å². The molecule has 0 unspecified atom stereocenters. The Kier molecular flexibility index (Phi) is 4.24. The molecule has 0 saturated carbocycles. The average molecular weight is 291 g/mol. The van der Waals surface area contributed by atoms with Gasteiger partial charge in [-0.1, -0.05) is 0 Å². The minimum Gasteiger partial charge on any atom is -0.435 e. The van der Waals surface area contributed by atoms with Crippen LogP contribution in [0.1, 0.15) is 12.8 Å². The molecule has 0 amide bonds. The number of rotatable bonds is 4. The molecular formula is C12H15F2NO3S. The first-order valence-electron chi connectivity index (χ1n) is 5.96. The minimum absolute atomic E-state index is 0.102. The predicted octanol–water partition coefficient (Wildman–Crippen LogP) is 2.28. The number of anilines is 1. The molecule has 1 aliphatic heterocycles. The fraction of sp³-hybridized carbons (Fsp3) is 0.500. The van der Waals surface area contributed by atoms with E-state index in [-0.39, 0.29) is 23.3 Å². The van der Waals surface area contributed by atoms with Gasteiger partial charge in [0.1, 0.15) is 15.6 Å². The number of ether oxygens (including phenoxy) is 1. The number of halogens is 2. The van der Waals surface area contributed by atoms with Crippen LogP contribution >= 0.6 is 0 Å². The van der Waals surface area contributed by atoms with Crippen LogP contribution in [0.2, 0.25) is 0 Å². The van der Waals surface area contributed by atoms with Crippen LogP contribution in [0.15, 0.2) is 24.3 Å². The third-order valence-electron chi connectivity index (χ3n) is 3.00. The van der Waals surface area contributed by atoms with Gasteiger partial charge < -0.3 is 10.1 Å². The molecule has 1 saturated heterocycles. The van der Waals surface area contributed by atoms with Crippen LogP contribution in [0.4, 0.5) is 14.5 Å². The predicted molar refractivity (Wildman–Crippen MR) is 68.4 cm³/mol. The van der Waals surface area contributed by atoms with Crippen molar-refractivity contribution in [1.82, 2.24) is 0 Å². The molecule has 0 bridgehead atoms. The molecule has 1 aromatic rings. The van der Waals surface area contributed by atoms with Gasteiger partial charge in [0.2, 0.25) is 0 Å². The highest BCUT2D eigenvalue weighted by Crippen LogP contribution is 2.21. The summed E-state index contributed by atoms with van der Waals surface area (Å²) in [5, 5.41) is 3.19. The monoisotopic (exact) mass is 291 g/mol. The Balaban J connectivity index is 1.90. The SMILES string of the molecule is O=S1(=O)CCC(Nc2ccc(OC(F)F)cc2)CC1. The van der Waals surface area contributed by atoms with E-state index >= 15 is 0 Å². The Bertz CT molecular complexity index is 502. The number of hydrogen-bond donors (Lipinski definition) is 1. The van der Waals surface area contributed by atoms with E-state index < -0.39 is 16.4 Å². The van der Waals surface area contributed by atoms with Gasteiger partial charge >= 0.3 is 6.61 Å². The van der Waals surface area contributed by atoms with E-state index in [0.29, 0.717) is 12.8 Å². The van der Waals surface area contributed by atoms with E-state index in [2.05, 4.69) is 10.1 Å². The largest absolute Gasteiger partial charge is 0.435 e. The molecule has 1 N–H and O–H groups in total.